The highest BCUT2D eigenvalue weighted by Crippen LogP contribution is 2.25. The van der Waals surface area contributed by atoms with Gasteiger partial charge in [-0.15, -0.1) is 0 Å². The van der Waals surface area contributed by atoms with Crippen LogP contribution >= 0.6 is 0 Å². The average molecular weight is 897 g/mol. The molecule has 0 unspecified atom stereocenters. The monoisotopic (exact) mass is 897 g/mol. The molecule has 0 aromatic heterocycles. The van der Waals surface area contributed by atoms with Crippen LogP contribution in [0.25, 0.3) is 54.2 Å². The van der Waals surface area contributed by atoms with E-state index >= 15 is 0 Å². The normalized spacial score (nSPS) is 10.5. The van der Waals surface area contributed by atoms with Crippen molar-refractivity contribution in [2.45, 2.75) is 75.7 Å². The summed E-state index contributed by atoms with van der Waals surface area (Å²) >= 11 is 0. The number of rotatable bonds is 3. The predicted octanol–water partition coefficient (Wildman–Crippen LogP) is 19.4. The Balaban J connectivity index is 0.000000128. The van der Waals surface area contributed by atoms with Crippen molar-refractivity contribution in [2.24, 2.45) is 0 Å². The SMILES string of the molecule is Cc1ccc(-c2ccc(C)cc2)cc1.Cc1ccc(C)c2ccccc12.Cc1ccc(Cc2ccc(C)cc2)cc1.Cc1ccc2cc(C)ccc2c1.Cc1ccc2cc3cc(C)ccc3cc2c1. The molecule has 0 aliphatic carbocycles. The maximum atomic E-state index is 2.27. The molecule has 11 aromatic carbocycles. The molecule has 0 nitrogen and oxygen atoms in total. The first-order chi connectivity index (χ1) is 33.3. The van der Waals surface area contributed by atoms with E-state index in [9.17, 15) is 0 Å². The summed E-state index contributed by atoms with van der Waals surface area (Å²) < 4.78 is 0. The number of benzene rings is 11. The Bertz CT molecular complexity index is 3170. The molecule has 0 saturated carbocycles. The maximum Gasteiger partial charge on any atom is -0.00258 e. The second kappa shape index (κ2) is 23.5. The first-order valence-corrected chi connectivity index (χ1v) is 24.3. The summed E-state index contributed by atoms with van der Waals surface area (Å²) in [7, 11) is 0. The molecule has 0 N–H and O–H groups in total. The van der Waals surface area contributed by atoms with Crippen molar-refractivity contribution >= 4 is 43.1 Å². The smallest absolute Gasteiger partial charge is 0.00258 e. The Morgan fingerprint density at radius 3 is 0.797 bits per heavy atom. The van der Waals surface area contributed by atoms with Crippen LogP contribution in [-0.2, 0) is 6.42 Å². The largest absolute Gasteiger partial charge is 0.0616 e. The fraction of sp³-hybridized carbons (Fsp3) is 0.159. The fourth-order valence-electron chi connectivity index (χ4n) is 8.46. The summed E-state index contributed by atoms with van der Waals surface area (Å²) in [5, 5.41) is 10.7. The highest BCUT2D eigenvalue weighted by molar-refractivity contribution is 5.98. The van der Waals surface area contributed by atoms with Gasteiger partial charge in [-0.25, -0.2) is 0 Å². The Morgan fingerprint density at radius 1 is 0.217 bits per heavy atom. The quantitative estimate of drug-likeness (QED) is 0.155. The molecule has 0 heteroatoms. The summed E-state index contributed by atoms with van der Waals surface area (Å²) in [6, 6.07) is 78.5. The Morgan fingerprint density at radius 2 is 0.478 bits per heavy atom. The van der Waals surface area contributed by atoms with Gasteiger partial charge in [-0.05, 0) is 164 Å². The van der Waals surface area contributed by atoms with Crippen molar-refractivity contribution in [1.82, 2.24) is 0 Å². The molecule has 0 heterocycles. The van der Waals surface area contributed by atoms with Crippen LogP contribution in [0.15, 0.2) is 218 Å². The van der Waals surface area contributed by atoms with Crippen molar-refractivity contribution in [1.29, 1.82) is 0 Å². The van der Waals surface area contributed by atoms with Gasteiger partial charge in [-0.2, -0.15) is 0 Å². The second-order valence-electron chi connectivity index (χ2n) is 19.0. The van der Waals surface area contributed by atoms with Gasteiger partial charge < -0.3 is 0 Å². The lowest BCUT2D eigenvalue weighted by molar-refractivity contribution is 1.18. The van der Waals surface area contributed by atoms with Gasteiger partial charge in [0, 0.05) is 0 Å². The molecule has 0 atom stereocenters. The lowest BCUT2D eigenvalue weighted by atomic mass is 10.0. The van der Waals surface area contributed by atoms with Crippen molar-refractivity contribution in [2.75, 3.05) is 0 Å². The topological polar surface area (TPSA) is 0 Å². The summed E-state index contributed by atoms with van der Waals surface area (Å²) in [5.74, 6) is 0. The molecule has 344 valence electrons. The molecule has 0 saturated heterocycles. The van der Waals surface area contributed by atoms with Gasteiger partial charge in [0.15, 0.2) is 0 Å². The third-order valence-corrected chi connectivity index (χ3v) is 12.7. The molecule has 11 aromatic rings. The van der Waals surface area contributed by atoms with Gasteiger partial charge in [0.05, 0.1) is 0 Å². The molecule has 0 amide bonds. The van der Waals surface area contributed by atoms with Crippen molar-refractivity contribution < 1.29 is 0 Å². The van der Waals surface area contributed by atoms with Crippen LogP contribution in [0.5, 0.6) is 0 Å². The summed E-state index contributed by atoms with van der Waals surface area (Å²) in [6.07, 6.45) is 1.03. The lowest BCUT2D eigenvalue weighted by Gasteiger charge is -2.04. The zero-order valence-electron chi connectivity index (χ0n) is 42.5. The van der Waals surface area contributed by atoms with Crippen LogP contribution in [0.3, 0.4) is 0 Å². The minimum absolute atomic E-state index is 1.03. The zero-order valence-corrected chi connectivity index (χ0v) is 42.5. The molecule has 0 spiro atoms. The molecule has 11 rings (SSSR count). The Hall–Kier alpha value is -7.54. The highest BCUT2D eigenvalue weighted by Gasteiger charge is 2.01. The molecule has 0 aliphatic rings. The molecule has 0 radical (unpaired) electrons. The van der Waals surface area contributed by atoms with Crippen molar-refractivity contribution in [3.8, 4) is 11.1 Å². The third-order valence-electron chi connectivity index (χ3n) is 12.7. The molecule has 0 aliphatic heterocycles. The minimum Gasteiger partial charge on any atom is -0.0616 e. The summed E-state index contributed by atoms with van der Waals surface area (Å²) in [6.45, 7) is 21.3. The van der Waals surface area contributed by atoms with Crippen molar-refractivity contribution in [3.05, 3.63) is 285 Å². The Kier molecular flexibility index (Phi) is 16.8. The van der Waals surface area contributed by atoms with Crippen LogP contribution in [0.1, 0.15) is 66.8 Å². The van der Waals surface area contributed by atoms with Crippen molar-refractivity contribution in [3.63, 3.8) is 0 Å². The molecular formula is C69H68. The van der Waals surface area contributed by atoms with E-state index in [1.54, 1.807) is 0 Å². The first kappa shape index (κ1) is 49.4. The molecule has 0 fully saturated rings. The van der Waals surface area contributed by atoms with Crippen LogP contribution in [0, 0.1) is 69.2 Å². The van der Waals surface area contributed by atoms with E-state index in [4.69, 9.17) is 0 Å². The Labute approximate surface area is 413 Å². The van der Waals surface area contributed by atoms with E-state index in [2.05, 4.69) is 288 Å². The summed E-state index contributed by atoms with van der Waals surface area (Å²) in [5.41, 5.74) is 18.6. The van der Waals surface area contributed by atoms with Gasteiger partial charge >= 0.3 is 0 Å². The molecule has 69 heavy (non-hydrogen) atoms. The van der Waals surface area contributed by atoms with E-state index in [-0.39, 0.29) is 0 Å². The molecular weight excluding hydrogens is 829 g/mol. The lowest BCUT2D eigenvalue weighted by Crippen LogP contribution is -1.88. The molecule has 0 bridgehead atoms. The minimum atomic E-state index is 1.03. The van der Waals surface area contributed by atoms with E-state index in [1.165, 1.54) is 121 Å². The maximum absolute atomic E-state index is 2.27. The average Bonchev–Trinajstić information content (AvgIpc) is 3.35. The van der Waals surface area contributed by atoms with Gasteiger partial charge in [0.25, 0.3) is 0 Å². The first-order valence-electron chi connectivity index (χ1n) is 24.3. The number of aryl methyl sites for hydroxylation is 10. The number of fused-ring (bicyclic) bond motifs is 4. The van der Waals surface area contributed by atoms with Gasteiger partial charge in [0.1, 0.15) is 0 Å². The number of hydrogen-bond donors (Lipinski definition) is 0. The second-order valence-corrected chi connectivity index (χ2v) is 19.0. The van der Waals surface area contributed by atoms with E-state index in [0.29, 0.717) is 0 Å². The standard InChI is InChI=1S/C16H14.C15H16.C14H14.2C12H12/c1-11-3-5-13-10-16-8-12(2)4-6-14(16)9-15(13)7-11;1-12-3-7-14(8-4-12)11-15-9-5-13(2)6-10-15;1-11-3-7-13(8-4-11)14-9-5-12(2)6-10-14;1-9-3-5-12-8-10(2)4-6-11(12)7-9;1-9-7-8-10(2)12-6-4-3-5-11(9)12/h3-10H,1-2H3;3-10H,11H2,1-2H3;3-10H,1-2H3;2*3-8H,1-2H3. The van der Waals surface area contributed by atoms with E-state index < -0.39 is 0 Å². The third kappa shape index (κ3) is 14.2. The number of hydrogen-bond acceptors (Lipinski definition) is 0. The zero-order chi connectivity index (χ0) is 48.9. The van der Waals surface area contributed by atoms with Crippen LogP contribution in [-0.4, -0.2) is 0 Å². The van der Waals surface area contributed by atoms with Crippen LogP contribution in [0.4, 0.5) is 0 Å². The highest BCUT2D eigenvalue weighted by atomic mass is 14.1. The van der Waals surface area contributed by atoms with Gasteiger partial charge in [-0.1, -0.05) is 251 Å². The van der Waals surface area contributed by atoms with Gasteiger partial charge in [0.2, 0.25) is 0 Å². The summed E-state index contributed by atoms with van der Waals surface area (Å²) in [4.78, 5) is 0. The predicted molar refractivity (Wildman–Crippen MR) is 304 cm³/mol. The van der Waals surface area contributed by atoms with Crippen LogP contribution < -0.4 is 0 Å². The van der Waals surface area contributed by atoms with E-state index in [1.807, 2.05) is 0 Å². The van der Waals surface area contributed by atoms with Crippen LogP contribution in [0.2, 0.25) is 0 Å². The fourth-order valence-corrected chi connectivity index (χ4v) is 8.46. The van der Waals surface area contributed by atoms with E-state index in [0.717, 1.165) is 6.42 Å². The van der Waals surface area contributed by atoms with Gasteiger partial charge in [-0.3, -0.25) is 0 Å².